The highest BCUT2D eigenvalue weighted by molar-refractivity contribution is 5.33. The molecule has 2 atom stereocenters. The summed E-state index contributed by atoms with van der Waals surface area (Å²) >= 11 is 0. The van der Waals surface area contributed by atoms with Gasteiger partial charge >= 0.3 is 0 Å². The summed E-state index contributed by atoms with van der Waals surface area (Å²) in [4.78, 5) is 2.42. The first-order valence-electron chi connectivity index (χ1n) is 7.87. The Morgan fingerprint density at radius 3 is 2.80 bits per heavy atom. The Morgan fingerprint density at radius 1 is 1.25 bits per heavy atom. The molecule has 2 aliphatic heterocycles. The van der Waals surface area contributed by atoms with Crippen LogP contribution in [0.1, 0.15) is 32.5 Å². The minimum atomic E-state index is 0.616. The van der Waals surface area contributed by atoms with Crippen LogP contribution in [0.5, 0.6) is 0 Å². The topological polar surface area (TPSA) is 43.2 Å². The summed E-state index contributed by atoms with van der Waals surface area (Å²) in [5, 5.41) is 8.70. The van der Waals surface area contributed by atoms with Crippen molar-refractivity contribution >= 4 is 5.95 Å². The number of aryl methyl sites for hydroxylation is 1. The summed E-state index contributed by atoms with van der Waals surface area (Å²) < 4.78 is 7.82. The van der Waals surface area contributed by atoms with Gasteiger partial charge in [0.2, 0.25) is 5.95 Å². The Hall–Kier alpha value is -1.10. The van der Waals surface area contributed by atoms with E-state index in [4.69, 9.17) is 4.74 Å². The van der Waals surface area contributed by atoms with Crippen LogP contribution in [0.2, 0.25) is 0 Å². The lowest BCUT2D eigenvalue weighted by atomic mass is 9.91. The van der Waals surface area contributed by atoms with E-state index in [-0.39, 0.29) is 0 Å². The fraction of sp³-hybridized carbons (Fsp3) is 0.867. The lowest BCUT2D eigenvalue weighted by molar-refractivity contribution is 0.174. The molecule has 0 spiro atoms. The number of hydrogen-bond acceptors (Lipinski definition) is 4. The Balaban J connectivity index is 1.71. The van der Waals surface area contributed by atoms with Crippen LogP contribution in [0, 0.1) is 24.7 Å². The van der Waals surface area contributed by atoms with Crippen molar-refractivity contribution in [2.24, 2.45) is 17.8 Å². The maximum Gasteiger partial charge on any atom is 0.227 e. The smallest absolute Gasteiger partial charge is 0.227 e. The number of ether oxygens (including phenoxy) is 1. The maximum atomic E-state index is 5.54. The van der Waals surface area contributed by atoms with E-state index in [0.29, 0.717) is 5.92 Å². The van der Waals surface area contributed by atoms with Crippen molar-refractivity contribution in [3.63, 3.8) is 0 Å². The zero-order valence-corrected chi connectivity index (χ0v) is 12.9. The van der Waals surface area contributed by atoms with Crippen molar-refractivity contribution in [2.75, 3.05) is 31.2 Å². The molecule has 2 aliphatic rings. The van der Waals surface area contributed by atoms with Crippen molar-refractivity contribution < 1.29 is 4.74 Å². The van der Waals surface area contributed by atoms with Gasteiger partial charge in [0.15, 0.2) is 0 Å². The predicted molar refractivity (Wildman–Crippen MR) is 78.8 cm³/mol. The van der Waals surface area contributed by atoms with Gasteiger partial charge in [-0.15, -0.1) is 10.2 Å². The molecular formula is C15H26N4O. The zero-order valence-electron chi connectivity index (χ0n) is 12.9. The molecule has 2 unspecified atom stereocenters. The minimum absolute atomic E-state index is 0.616. The van der Waals surface area contributed by atoms with E-state index >= 15 is 0 Å². The summed E-state index contributed by atoms with van der Waals surface area (Å²) in [6, 6.07) is 0. The molecule has 20 heavy (non-hydrogen) atoms. The second kappa shape index (κ2) is 5.72. The van der Waals surface area contributed by atoms with Gasteiger partial charge in [-0.2, -0.15) is 0 Å². The van der Waals surface area contributed by atoms with Crippen molar-refractivity contribution in [2.45, 2.75) is 40.2 Å². The summed E-state index contributed by atoms with van der Waals surface area (Å²) in [6.45, 7) is 11.7. The molecule has 5 heteroatoms. The zero-order chi connectivity index (χ0) is 14.1. The van der Waals surface area contributed by atoms with Crippen LogP contribution in [-0.4, -0.2) is 41.1 Å². The summed E-state index contributed by atoms with van der Waals surface area (Å²) in [6.07, 6.45) is 2.50. The molecule has 5 nitrogen and oxygen atoms in total. The predicted octanol–water partition coefficient (Wildman–Crippen LogP) is 2.11. The summed E-state index contributed by atoms with van der Waals surface area (Å²) in [5.41, 5.74) is 0. The van der Waals surface area contributed by atoms with Crippen LogP contribution in [0.15, 0.2) is 0 Å². The minimum Gasteiger partial charge on any atom is -0.381 e. The third kappa shape index (κ3) is 2.68. The average molecular weight is 278 g/mol. The second-order valence-corrected chi connectivity index (χ2v) is 6.67. The van der Waals surface area contributed by atoms with Crippen molar-refractivity contribution in [1.29, 1.82) is 0 Å². The van der Waals surface area contributed by atoms with E-state index in [1.54, 1.807) is 0 Å². The van der Waals surface area contributed by atoms with Gasteiger partial charge in [-0.25, -0.2) is 0 Å². The van der Waals surface area contributed by atoms with E-state index in [1.807, 2.05) is 0 Å². The molecule has 3 rings (SSSR count). The third-order valence-electron chi connectivity index (χ3n) is 4.60. The number of rotatable bonds is 4. The van der Waals surface area contributed by atoms with E-state index in [0.717, 1.165) is 56.5 Å². The molecule has 0 N–H and O–H groups in total. The highest BCUT2D eigenvalue weighted by Crippen LogP contribution is 2.32. The molecule has 0 amide bonds. The monoisotopic (exact) mass is 278 g/mol. The van der Waals surface area contributed by atoms with Gasteiger partial charge < -0.3 is 9.64 Å². The SMILES string of the molecule is Cc1nnc(N2CCC(C3CCOC3)C2)n1CC(C)C. The molecular weight excluding hydrogens is 252 g/mol. The Kier molecular flexibility index (Phi) is 3.96. The highest BCUT2D eigenvalue weighted by Gasteiger charge is 2.33. The molecule has 0 saturated carbocycles. The standard InChI is InChI=1S/C15H26N4O/c1-11(2)8-19-12(3)16-17-15(19)18-6-4-13(9-18)14-5-7-20-10-14/h11,13-14H,4-10H2,1-3H3. The molecule has 112 valence electrons. The quantitative estimate of drug-likeness (QED) is 0.846. The van der Waals surface area contributed by atoms with Crippen LogP contribution in [0.4, 0.5) is 5.95 Å². The molecule has 2 fully saturated rings. The molecule has 0 aromatic carbocycles. The normalized spacial score (nSPS) is 26.9. The number of hydrogen-bond donors (Lipinski definition) is 0. The van der Waals surface area contributed by atoms with Crippen molar-refractivity contribution in [3.8, 4) is 0 Å². The lowest BCUT2D eigenvalue weighted by Crippen LogP contribution is -2.26. The van der Waals surface area contributed by atoms with Gasteiger partial charge in [-0.1, -0.05) is 13.8 Å². The Morgan fingerprint density at radius 2 is 2.10 bits per heavy atom. The number of anilines is 1. The number of aromatic nitrogens is 3. The first-order chi connectivity index (χ1) is 9.65. The van der Waals surface area contributed by atoms with E-state index in [9.17, 15) is 0 Å². The number of nitrogens with zero attached hydrogens (tertiary/aromatic N) is 4. The van der Waals surface area contributed by atoms with Crippen LogP contribution in [0.25, 0.3) is 0 Å². The van der Waals surface area contributed by atoms with Crippen molar-refractivity contribution in [3.05, 3.63) is 5.82 Å². The second-order valence-electron chi connectivity index (χ2n) is 6.67. The lowest BCUT2D eigenvalue weighted by Gasteiger charge is -2.21. The van der Waals surface area contributed by atoms with Crippen LogP contribution < -0.4 is 4.90 Å². The first-order valence-corrected chi connectivity index (χ1v) is 7.87. The van der Waals surface area contributed by atoms with Gasteiger partial charge in [0.05, 0.1) is 0 Å². The molecule has 0 aliphatic carbocycles. The summed E-state index contributed by atoms with van der Waals surface area (Å²) in [7, 11) is 0. The molecule has 0 bridgehead atoms. The van der Waals surface area contributed by atoms with E-state index < -0.39 is 0 Å². The fourth-order valence-electron chi connectivity index (χ4n) is 3.46. The maximum absolute atomic E-state index is 5.54. The van der Waals surface area contributed by atoms with Gasteiger partial charge in [0.25, 0.3) is 0 Å². The van der Waals surface area contributed by atoms with Gasteiger partial charge in [0, 0.05) is 32.8 Å². The fourth-order valence-corrected chi connectivity index (χ4v) is 3.46. The molecule has 0 radical (unpaired) electrons. The van der Waals surface area contributed by atoms with E-state index in [1.165, 1.54) is 12.8 Å². The van der Waals surface area contributed by atoms with Crippen LogP contribution in [-0.2, 0) is 11.3 Å². The largest absolute Gasteiger partial charge is 0.381 e. The molecule has 1 aromatic heterocycles. The van der Waals surface area contributed by atoms with Gasteiger partial charge in [-0.05, 0) is 37.5 Å². The van der Waals surface area contributed by atoms with Crippen molar-refractivity contribution in [1.82, 2.24) is 14.8 Å². The molecule has 3 heterocycles. The molecule has 1 aromatic rings. The summed E-state index contributed by atoms with van der Waals surface area (Å²) in [5.74, 6) is 4.23. The average Bonchev–Trinajstić information content (AvgIpc) is 3.10. The Bertz CT molecular complexity index is 451. The molecule has 2 saturated heterocycles. The Labute approximate surface area is 121 Å². The van der Waals surface area contributed by atoms with Crippen LogP contribution in [0.3, 0.4) is 0 Å². The van der Waals surface area contributed by atoms with E-state index in [2.05, 4.69) is 40.4 Å². The first kappa shape index (κ1) is 13.9. The highest BCUT2D eigenvalue weighted by atomic mass is 16.5. The third-order valence-corrected chi connectivity index (χ3v) is 4.60. The van der Waals surface area contributed by atoms with Gasteiger partial charge in [-0.3, -0.25) is 4.57 Å². The van der Waals surface area contributed by atoms with Crippen LogP contribution >= 0.6 is 0 Å². The van der Waals surface area contributed by atoms with Gasteiger partial charge in [0.1, 0.15) is 5.82 Å².